The van der Waals surface area contributed by atoms with E-state index >= 15 is 0 Å². The van der Waals surface area contributed by atoms with Gasteiger partial charge in [-0.25, -0.2) is 4.98 Å². The van der Waals surface area contributed by atoms with Crippen molar-refractivity contribution in [2.45, 2.75) is 19.9 Å². The van der Waals surface area contributed by atoms with Crippen LogP contribution in [0.15, 0.2) is 30.6 Å². The lowest BCUT2D eigenvalue weighted by molar-refractivity contribution is 0.608. The quantitative estimate of drug-likeness (QED) is 0.799. The van der Waals surface area contributed by atoms with Crippen molar-refractivity contribution in [2.75, 3.05) is 5.73 Å². The smallest absolute Gasteiger partial charge is 0.139 e. The van der Waals surface area contributed by atoms with Crippen molar-refractivity contribution in [3.8, 4) is 11.4 Å². The molecule has 0 aromatic carbocycles. The maximum atomic E-state index is 6.16. The highest BCUT2D eigenvalue weighted by Crippen LogP contribution is 2.27. The number of nitrogens with zero attached hydrogens (tertiary/aromatic N) is 4. The number of hydrogen-bond acceptors (Lipinski definition) is 3. The third-order valence-corrected chi connectivity index (χ3v) is 3.24. The molecule has 0 aliphatic heterocycles. The fraction of sp³-hybridized carbons (Fsp3) is 0.231. The van der Waals surface area contributed by atoms with E-state index in [0.717, 1.165) is 30.0 Å². The Morgan fingerprint density at radius 1 is 1.32 bits per heavy atom. The van der Waals surface area contributed by atoms with Crippen LogP contribution in [-0.2, 0) is 6.54 Å². The van der Waals surface area contributed by atoms with Crippen molar-refractivity contribution >= 4 is 23.1 Å². The Balaban J connectivity index is 2.19. The second-order valence-corrected chi connectivity index (χ2v) is 4.80. The SMILES string of the molecule is CCCn1nccc1-c1nc2ccc(Cl)cn2c1N. The van der Waals surface area contributed by atoms with E-state index in [1.54, 1.807) is 22.9 Å². The first-order valence-corrected chi connectivity index (χ1v) is 6.53. The van der Waals surface area contributed by atoms with Crippen LogP contribution >= 0.6 is 11.6 Å². The molecule has 0 atom stereocenters. The van der Waals surface area contributed by atoms with Gasteiger partial charge in [-0.05, 0) is 24.6 Å². The van der Waals surface area contributed by atoms with E-state index in [2.05, 4.69) is 17.0 Å². The van der Waals surface area contributed by atoms with Gasteiger partial charge < -0.3 is 5.73 Å². The zero-order valence-corrected chi connectivity index (χ0v) is 11.3. The van der Waals surface area contributed by atoms with Crippen molar-refractivity contribution in [3.05, 3.63) is 35.6 Å². The monoisotopic (exact) mass is 275 g/mol. The summed E-state index contributed by atoms with van der Waals surface area (Å²) in [5, 5.41) is 4.93. The molecular weight excluding hydrogens is 262 g/mol. The van der Waals surface area contributed by atoms with Crippen molar-refractivity contribution in [1.82, 2.24) is 19.2 Å². The van der Waals surface area contributed by atoms with Crippen LogP contribution in [0.25, 0.3) is 17.0 Å². The standard InChI is InChI=1S/C13H14ClN5/c1-2-7-19-10(5-6-16-19)12-13(15)18-8-9(14)3-4-11(18)17-12/h3-6,8H,2,7,15H2,1H3. The molecule has 0 amide bonds. The van der Waals surface area contributed by atoms with Crippen LogP contribution in [0, 0.1) is 0 Å². The lowest BCUT2D eigenvalue weighted by atomic mass is 10.3. The molecule has 0 fully saturated rings. The summed E-state index contributed by atoms with van der Waals surface area (Å²) in [4.78, 5) is 4.56. The lowest BCUT2D eigenvalue weighted by Gasteiger charge is -2.04. The van der Waals surface area contributed by atoms with E-state index < -0.39 is 0 Å². The summed E-state index contributed by atoms with van der Waals surface area (Å²) in [5.41, 5.74) is 8.62. The number of halogens is 1. The summed E-state index contributed by atoms with van der Waals surface area (Å²) in [6, 6.07) is 5.58. The predicted octanol–water partition coefficient (Wildman–Crippen LogP) is 2.84. The Morgan fingerprint density at radius 2 is 2.16 bits per heavy atom. The first-order chi connectivity index (χ1) is 9.20. The van der Waals surface area contributed by atoms with Gasteiger partial charge in [0.25, 0.3) is 0 Å². The highest BCUT2D eigenvalue weighted by Gasteiger charge is 2.15. The Bertz CT molecular complexity index is 728. The molecule has 0 aliphatic rings. The van der Waals surface area contributed by atoms with Crippen LogP contribution in [-0.4, -0.2) is 19.2 Å². The number of anilines is 1. The summed E-state index contributed by atoms with van der Waals surface area (Å²) in [5.74, 6) is 0.579. The maximum absolute atomic E-state index is 6.16. The van der Waals surface area contributed by atoms with Crippen LogP contribution in [0.5, 0.6) is 0 Å². The van der Waals surface area contributed by atoms with Crippen molar-refractivity contribution in [1.29, 1.82) is 0 Å². The molecule has 98 valence electrons. The second-order valence-electron chi connectivity index (χ2n) is 4.36. The van der Waals surface area contributed by atoms with Gasteiger partial charge in [-0.15, -0.1) is 0 Å². The molecular formula is C13H14ClN5. The van der Waals surface area contributed by atoms with Gasteiger partial charge in [-0.3, -0.25) is 9.08 Å². The van der Waals surface area contributed by atoms with Crippen LogP contribution < -0.4 is 5.73 Å². The molecule has 3 rings (SSSR count). The molecule has 0 bridgehead atoms. The average molecular weight is 276 g/mol. The predicted molar refractivity (Wildman–Crippen MR) is 76.1 cm³/mol. The molecule has 0 spiro atoms. The van der Waals surface area contributed by atoms with Crippen LogP contribution in [0.4, 0.5) is 5.82 Å². The molecule has 6 heteroatoms. The van der Waals surface area contributed by atoms with E-state index in [1.807, 2.05) is 16.8 Å². The molecule has 0 saturated heterocycles. The molecule has 0 unspecified atom stereocenters. The summed E-state index contributed by atoms with van der Waals surface area (Å²) >= 11 is 5.98. The minimum absolute atomic E-state index is 0.579. The lowest BCUT2D eigenvalue weighted by Crippen LogP contribution is -2.02. The average Bonchev–Trinajstić information content (AvgIpc) is 2.96. The molecule has 0 saturated carbocycles. The molecule has 3 heterocycles. The van der Waals surface area contributed by atoms with Gasteiger partial charge in [0, 0.05) is 18.9 Å². The fourth-order valence-electron chi connectivity index (χ4n) is 2.15. The Hall–Kier alpha value is -2.01. The second kappa shape index (κ2) is 4.59. The number of fused-ring (bicyclic) bond motifs is 1. The van der Waals surface area contributed by atoms with E-state index in [9.17, 15) is 0 Å². The highest BCUT2D eigenvalue weighted by atomic mass is 35.5. The van der Waals surface area contributed by atoms with Gasteiger partial charge in [0.05, 0.1) is 10.7 Å². The number of hydrogen-bond donors (Lipinski definition) is 1. The normalized spacial score (nSPS) is 11.3. The summed E-state index contributed by atoms with van der Waals surface area (Å²) in [7, 11) is 0. The molecule has 0 radical (unpaired) electrons. The number of imidazole rings is 1. The Labute approximate surface area is 115 Å². The van der Waals surface area contributed by atoms with Gasteiger partial charge in [-0.1, -0.05) is 18.5 Å². The zero-order valence-electron chi connectivity index (χ0n) is 10.5. The van der Waals surface area contributed by atoms with E-state index in [0.29, 0.717) is 10.8 Å². The molecule has 19 heavy (non-hydrogen) atoms. The third-order valence-electron chi connectivity index (χ3n) is 3.01. The minimum atomic E-state index is 0.579. The number of nitrogen functional groups attached to an aromatic ring is 1. The van der Waals surface area contributed by atoms with E-state index in [4.69, 9.17) is 17.3 Å². The minimum Gasteiger partial charge on any atom is -0.383 e. The summed E-state index contributed by atoms with van der Waals surface area (Å²) in [6.45, 7) is 2.95. The number of nitrogens with two attached hydrogens (primary N) is 1. The van der Waals surface area contributed by atoms with Gasteiger partial charge in [-0.2, -0.15) is 5.10 Å². The van der Waals surface area contributed by atoms with E-state index in [1.165, 1.54) is 0 Å². The topological polar surface area (TPSA) is 61.1 Å². The molecule has 5 nitrogen and oxygen atoms in total. The summed E-state index contributed by atoms with van der Waals surface area (Å²) in [6.07, 6.45) is 4.54. The number of aromatic nitrogens is 4. The van der Waals surface area contributed by atoms with E-state index in [-0.39, 0.29) is 0 Å². The first-order valence-electron chi connectivity index (χ1n) is 6.16. The van der Waals surface area contributed by atoms with Crippen LogP contribution in [0.3, 0.4) is 0 Å². The van der Waals surface area contributed by atoms with Gasteiger partial charge in [0.15, 0.2) is 0 Å². The molecule has 0 aliphatic carbocycles. The molecule has 2 N–H and O–H groups in total. The van der Waals surface area contributed by atoms with Crippen LogP contribution in [0.1, 0.15) is 13.3 Å². The highest BCUT2D eigenvalue weighted by molar-refractivity contribution is 6.30. The zero-order chi connectivity index (χ0) is 13.4. The molecule has 3 aromatic heterocycles. The largest absolute Gasteiger partial charge is 0.383 e. The van der Waals surface area contributed by atoms with Crippen molar-refractivity contribution in [3.63, 3.8) is 0 Å². The fourth-order valence-corrected chi connectivity index (χ4v) is 2.31. The third kappa shape index (κ3) is 1.96. The van der Waals surface area contributed by atoms with Crippen molar-refractivity contribution < 1.29 is 0 Å². The van der Waals surface area contributed by atoms with Gasteiger partial charge in [0.2, 0.25) is 0 Å². The van der Waals surface area contributed by atoms with Gasteiger partial charge in [0.1, 0.15) is 17.2 Å². The first kappa shape index (κ1) is 12.0. The van der Waals surface area contributed by atoms with Crippen molar-refractivity contribution in [2.24, 2.45) is 0 Å². The maximum Gasteiger partial charge on any atom is 0.139 e. The number of aryl methyl sites for hydroxylation is 1. The Morgan fingerprint density at radius 3 is 2.95 bits per heavy atom. The van der Waals surface area contributed by atoms with Crippen LogP contribution in [0.2, 0.25) is 5.02 Å². The molecule has 3 aromatic rings. The number of rotatable bonds is 3. The van der Waals surface area contributed by atoms with Gasteiger partial charge >= 0.3 is 0 Å². The Kier molecular flexibility index (Phi) is 2.91. The summed E-state index contributed by atoms with van der Waals surface area (Å²) < 4.78 is 3.71. The number of pyridine rings is 1.